The van der Waals surface area contributed by atoms with Crippen LogP contribution in [0.1, 0.15) is 26.3 Å². The number of rotatable bonds is 2. The van der Waals surface area contributed by atoms with Gasteiger partial charge in [-0.05, 0) is 51.1 Å². The van der Waals surface area contributed by atoms with Gasteiger partial charge in [-0.25, -0.2) is 4.79 Å². The van der Waals surface area contributed by atoms with E-state index in [1.807, 2.05) is 63.4 Å². The molecule has 7 heteroatoms. The quantitative estimate of drug-likeness (QED) is 0.443. The number of nitrogens with one attached hydrogen (secondary N) is 4. The predicted molar refractivity (Wildman–Crippen MR) is 119 cm³/mol. The molecular formula is C22H22N4O2S. The fourth-order valence-corrected chi connectivity index (χ4v) is 4.07. The molecule has 1 aliphatic rings. The molecule has 3 aromatic rings. The summed E-state index contributed by atoms with van der Waals surface area (Å²) in [6.45, 7) is 5.77. The topological polar surface area (TPSA) is 86.0 Å². The largest absolute Gasteiger partial charge is 0.361 e. The second-order valence-electron chi connectivity index (χ2n) is 7.89. The summed E-state index contributed by atoms with van der Waals surface area (Å²) in [6, 6.07) is 13.1. The van der Waals surface area contributed by atoms with Crippen LogP contribution in [0.5, 0.6) is 0 Å². The molecule has 0 unspecified atom stereocenters. The van der Waals surface area contributed by atoms with Gasteiger partial charge in [-0.2, -0.15) is 0 Å². The number of carbonyl (C=O) groups excluding carboxylic acids is 2. The monoisotopic (exact) mass is 406 g/mol. The minimum absolute atomic E-state index is 0.140. The molecule has 3 amide bonds. The third-order valence-corrected chi connectivity index (χ3v) is 5.41. The summed E-state index contributed by atoms with van der Waals surface area (Å²) in [6.07, 6.45) is 3.78. The van der Waals surface area contributed by atoms with Gasteiger partial charge in [0.25, 0.3) is 5.91 Å². The number of hydrogen-bond acceptors (Lipinski definition) is 3. The molecule has 0 radical (unpaired) electrons. The van der Waals surface area contributed by atoms with E-state index >= 15 is 0 Å². The van der Waals surface area contributed by atoms with Crippen molar-refractivity contribution in [3.63, 3.8) is 0 Å². The minimum Gasteiger partial charge on any atom is -0.361 e. The Balaban J connectivity index is 1.59. The summed E-state index contributed by atoms with van der Waals surface area (Å²) in [7, 11) is 0. The molecule has 0 bridgehead atoms. The van der Waals surface area contributed by atoms with Gasteiger partial charge < -0.3 is 20.9 Å². The Hall–Kier alpha value is -3.19. The van der Waals surface area contributed by atoms with Crippen LogP contribution < -0.4 is 16.0 Å². The van der Waals surface area contributed by atoms with Crippen LogP contribution in [0.2, 0.25) is 0 Å². The van der Waals surface area contributed by atoms with Gasteiger partial charge in [0.1, 0.15) is 0 Å². The van der Waals surface area contributed by atoms with Gasteiger partial charge in [-0.15, -0.1) is 0 Å². The molecule has 0 fully saturated rings. The van der Waals surface area contributed by atoms with Gasteiger partial charge in [0, 0.05) is 38.8 Å². The summed E-state index contributed by atoms with van der Waals surface area (Å²) in [5, 5.41) is 9.70. The van der Waals surface area contributed by atoms with Crippen LogP contribution in [0, 0.1) is 0 Å². The van der Waals surface area contributed by atoms with Gasteiger partial charge in [-0.1, -0.05) is 30.0 Å². The lowest BCUT2D eigenvalue weighted by Crippen LogP contribution is -2.43. The maximum atomic E-state index is 12.5. The maximum Gasteiger partial charge on any atom is 0.319 e. The number of hydrogen-bond donors (Lipinski definition) is 4. The molecule has 29 heavy (non-hydrogen) atoms. The minimum atomic E-state index is -0.323. The smallest absolute Gasteiger partial charge is 0.319 e. The number of anilines is 2. The van der Waals surface area contributed by atoms with E-state index in [1.165, 1.54) is 11.8 Å². The molecular weight excluding hydrogens is 384 g/mol. The first-order valence-electron chi connectivity index (χ1n) is 9.29. The van der Waals surface area contributed by atoms with Crippen molar-refractivity contribution in [1.82, 2.24) is 10.3 Å². The highest BCUT2D eigenvalue weighted by Gasteiger charge is 2.22. The fraction of sp³-hybridized carbons (Fsp3) is 0.182. The third-order valence-electron chi connectivity index (χ3n) is 4.33. The average Bonchev–Trinajstić information content (AvgIpc) is 3.04. The Bertz CT molecular complexity index is 1140. The highest BCUT2D eigenvalue weighted by molar-refractivity contribution is 8.04. The summed E-state index contributed by atoms with van der Waals surface area (Å²) in [4.78, 5) is 29.4. The van der Waals surface area contributed by atoms with Crippen molar-refractivity contribution in [1.29, 1.82) is 0 Å². The van der Waals surface area contributed by atoms with E-state index < -0.39 is 0 Å². The molecule has 0 saturated heterocycles. The highest BCUT2D eigenvalue weighted by atomic mass is 32.2. The van der Waals surface area contributed by atoms with Crippen LogP contribution in [-0.4, -0.2) is 22.5 Å². The number of amides is 3. The fourth-order valence-electron chi connectivity index (χ4n) is 3.09. The zero-order chi connectivity index (χ0) is 20.6. The Kier molecular flexibility index (Phi) is 4.84. The van der Waals surface area contributed by atoms with E-state index in [-0.39, 0.29) is 17.5 Å². The van der Waals surface area contributed by atoms with Crippen LogP contribution in [-0.2, 0) is 4.79 Å². The summed E-state index contributed by atoms with van der Waals surface area (Å²) < 4.78 is 0. The molecule has 4 rings (SSSR count). The number of urea groups is 1. The molecule has 4 N–H and O–H groups in total. The van der Waals surface area contributed by atoms with Crippen molar-refractivity contribution >= 4 is 52.1 Å². The molecule has 0 spiro atoms. The Morgan fingerprint density at radius 2 is 1.93 bits per heavy atom. The molecule has 0 atom stereocenters. The zero-order valence-corrected chi connectivity index (χ0v) is 17.2. The van der Waals surface area contributed by atoms with E-state index in [0.717, 1.165) is 27.0 Å². The number of para-hydroxylation sites is 1. The number of carbonyl (C=O) groups is 2. The predicted octanol–water partition coefficient (Wildman–Crippen LogP) is 5.17. The van der Waals surface area contributed by atoms with Gasteiger partial charge >= 0.3 is 6.03 Å². The molecule has 148 valence electrons. The highest BCUT2D eigenvalue weighted by Crippen LogP contribution is 2.40. The van der Waals surface area contributed by atoms with E-state index in [1.54, 1.807) is 12.1 Å². The maximum absolute atomic E-state index is 12.5. The summed E-state index contributed by atoms with van der Waals surface area (Å²) in [5.74, 6) is -0.140. The van der Waals surface area contributed by atoms with Crippen molar-refractivity contribution in [3.8, 4) is 0 Å². The summed E-state index contributed by atoms with van der Waals surface area (Å²) >= 11 is 1.39. The van der Waals surface area contributed by atoms with Gasteiger partial charge in [0.05, 0.1) is 10.6 Å². The Labute approximate surface area is 173 Å². The van der Waals surface area contributed by atoms with Crippen molar-refractivity contribution in [3.05, 3.63) is 59.1 Å². The second kappa shape index (κ2) is 7.33. The average molecular weight is 407 g/mol. The molecule has 2 heterocycles. The summed E-state index contributed by atoms with van der Waals surface area (Å²) in [5.41, 5.74) is 3.06. The number of H-pyrrole nitrogens is 1. The second-order valence-corrected chi connectivity index (χ2v) is 8.98. The molecule has 0 saturated carbocycles. The molecule has 1 aromatic heterocycles. The molecule has 2 aromatic carbocycles. The number of fused-ring (bicyclic) bond motifs is 2. The van der Waals surface area contributed by atoms with Crippen molar-refractivity contribution in [2.45, 2.75) is 31.2 Å². The first-order chi connectivity index (χ1) is 13.8. The Morgan fingerprint density at radius 3 is 2.72 bits per heavy atom. The number of aromatic nitrogens is 1. The molecule has 1 aliphatic heterocycles. The molecule has 6 nitrogen and oxygen atoms in total. The first-order valence-corrected chi connectivity index (χ1v) is 10.1. The van der Waals surface area contributed by atoms with Crippen LogP contribution in [0.25, 0.3) is 17.0 Å². The lowest BCUT2D eigenvalue weighted by molar-refractivity contribution is -0.112. The van der Waals surface area contributed by atoms with E-state index in [9.17, 15) is 9.59 Å². The SMILES string of the molecule is CC(C)(C)NC(=O)Nc1ccc2c(c1)SC(=Cc1c[nH]c3ccccc13)C(=O)N2. The normalized spacial score (nSPS) is 15.1. The van der Waals surface area contributed by atoms with Gasteiger partial charge in [0.2, 0.25) is 0 Å². The van der Waals surface area contributed by atoms with Crippen LogP contribution in [0.15, 0.2) is 58.5 Å². The van der Waals surface area contributed by atoms with E-state index in [4.69, 9.17) is 0 Å². The van der Waals surface area contributed by atoms with Crippen molar-refractivity contribution in [2.75, 3.05) is 10.6 Å². The molecule has 0 aliphatic carbocycles. The number of aromatic amines is 1. The van der Waals surface area contributed by atoms with Crippen LogP contribution in [0.4, 0.5) is 16.2 Å². The van der Waals surface area contributed by atoms with Crippen LogP contribution in [0.3, 0.4) is 0 Å². The zero-order valence-electron chi connectivity index (χ0n) is 16.4. The third kappa shape index (κ3) is 4.30. The van der Waals surface area contributed by atoms with Crippen molar-refractivity contribution in [2.24, 2.45) is 0 Å². The first kappa shape index (κ1) is 19.1. The van der Waals surface area contributed by atoms with Gasteiger partial charge in [-0.3, -0.25) is 4.79 Å². The standard InChI is InChI=1S/C22H22N4O2S/c1-22(2,3)26-21(28)24-14-8-9-17-18(11-14)29-19(20(27)25-17)10-13-12-23-16-7-5-4-6-15(13)16/h4-12,23H,1-3H3,(H,25,27)(H2,24,26,28). The van der Waals surface area contributed by atoms with E-state index in [0.29, 0.717) is 10.6 Å². The number of thioether (sulfide) groups is 1. The van der Waals surface area contributed by atoms with Gasteiger partial charge in [0.15, 0.2) is 0 Å². The lowest BCUT2D eigenvalue weighted by Gasteiger charge is -2.22. The Morgan fingerprint density at radius 1 is 1.14 bits per heavy atom. The van der Waals surface area contributed by atoms with E-state index in [2.05, 4.69) is 20.9 Å². The lowest BCUT2D eigenvalue weighted by atomic mass is 10.1. The van der Waals surface area contributed by atoms with Crippen molar-refractivity contribution < 1.29 is 9.59 Å². The van der Waals surface area contributed by atoms with Crippen LogP contribution >= 0.6 is 11.8 Å². The number of benzene rings is 2.